The van der Waals surface area contributed by atoms with Crippen molar-refractivity contribution in [1.82, 2.24) is 9.97 Å². The van der Waals surface area contributed by atoms with Crippen LogP contribution in [0.25, 0.3) is 11.3 Å². The predicted molar refractivity (Wildman–Crippen MR) is 128 cm³/mol. The van der Waals surface area contributed by atoms with Crippen LogP contribution in [0.2, 0.25) is 0 Å². The molecule has 9 nitrogen and oxygen atoms in total. The van der Waals surface area contributed by atoms with E-state index >= 15 is 0 Å². The van der Waals surface area contributed by atoms with E-state index in [1.54, 1.807) is 18.2 Å². The van der Waals surface area contributed by atoms with E-state index in [9.17, 15) is 15.3 Å². The Kier molecular flexibility index (Phi) is 6.78. The first-order valence-corrected chi connectivity index (χ1v) is 10.6. The lowest BCUT2D eigenvalue weighted by molar-refractivity contribution is -0.111. The van der Waals surface area contributed by atoms with Crippen LogP contribution in [0.1, 0.15) is 11.1 Å². The number of rotatable bonds is 6. The van der Waals surface area contributed by atoms with Gasteiger partial charge in [0.05, 0.1) is 42.3 Å². The monoisotopic (exact) mass is 451 g/mol. The van der Waals surface area contributed by atoms with Crippen molar-refractivity contribution in [2.45, 2.75) is 0 Å². The van der Waals surface area contributed by atoms with Gasteiger partial charge in [-0.15, -0.1) is 0 Å². The molecule has 1 amide bonds. The van der Waals surface area contributed by atoms with Gasteiger partial charge in [-0.2, -0.15) is 10.5 Å². The molecule has 0 radical (unpaired) electrons. The van der Waals surface area contributed by atoms with Gasteiger partial charge in [0.2, 0.25) is 11.9 Å². The number of carbonyl (C=O) groups excluding carboxylic acids is 1. The van der Waals surface area contributed by atoms with Crippen molar-refractivity contribution < 1.29 is 9.53 Å². The molecule has 0 bridgehead atoms. The molecule has 1 saturated heterocycles. The number of ether oxygens (including phenoxy) is 1. The molecule has 1 aliphatic rings. The summed E-state index contributed by atoms with van der Waals surface area (Å²) in [5.74, 6) is -0.112. The van der Waals surface area contributed by atoms with Crippen molar-refractivity contribution in [3.63, 3.8) is 0 Å². The molecule has 1 fully saturated rings. The molecule has 0 aliphatic carbocycles. The lowest BCUT2D eigenvalue weighted by atomic mass is 10.0. The molecule has 3 aromatic rings. The van der Waals surface area contributed by atoms with Crippen LogP contribution >= 0.6 is 0 Å². The van der Waals surface area contributed by atoms with Gasteiger partial charge in [-0.1, -0.05) is 12.6 Å². The van der Waals surface area contributed by atoms with Crippen molar-refractivity contribution in [2.24, 2.45) is 0 Å². The van der Waals surface area contributed by atoms with Crippen LogP contribution in [0.3, 0.4) is 0 Å². The summed E-state index contributed by atoms with van der Waals surface area (Å²) in [4.78, 5) is 22.8. The first kappa shape index (κ1) is 22.5. The van der Waals surface area contributed by atoms with Crippen LogP contribution in [-0.2, 0) is 9.53 Å². The summed E-state index contributed by atoms with van der Waals surface area (Å²) in [5, 5.41) is 25.1. The van der Waals surface area contributed by atoms with Crippen LogP contribution in [-0.4, -0.2) is 42.2 Å². The summed E-state index contributed by atoms with van der Waals surface area (Å²) in [6.45, 7) is 6.45. The first-order chi connectivity index (χ1) is 16.6. The Morgan fingerprint density at radius 3 is 2.62 bits per heavy atom. The highest BCUT2D eigenvalue weighted by Crippen LogP contribution is 2.29. The molecular formula is C25H21N7O2. The van der Waals surface area contributed by atoms with Gasteiger partial charge in [0.15, 0.2) is 0 Å². The molecule has 0 saturated carbocycles. The van der Waals surface area contributed by atoms with Crippen molar-refractivity contribution in [2.75, 3.05) is 41.8 Å². The van der Waals surface area contributed by atoms with Crippen LogP contribution in [0.5, 0.6) is 0 Å². The number of aromatic nitrogens is 2. The Morgan fingerprint density at radius 1 is 1.09 bits per heavy atom. The van der Waals surface area contributed by atoms with Gasteiger partial charge in [-0.3, -0.25) is 4.79 Å². The van der Waals surface area contributed by atoms with Crippen molar-refractivity contribution >= 4 is 28.9 Å². The number of anilines is 4. The zero-order valence-corrected chi connectivity index (χ0v) is 18.3. The summed E-state index contributed by atoms with van der Waals surface area (Å²) >= 11 is 0. The third-order valence-corrected chi connectivity index (χ3v) is 5.24. The fraction of sp³-hybridized carbons (Fsp3) is 0.160. The van der Waals surface area contributed by atoms with E-state index < -0.39 is 0 Å². The van der Waals surface area contributed by atoms with E-state index in [1.165, 1.54) is 6.20 Å². The highest BCUT2D eigenvalue weighted by molar-refractivity contribution is 5.99. The topological polar surface area (TPSA) is 127 Å². The quantitative estimate of drug-likeness (QED) is 0.545. The zero-order chi connectivity index (χ0) is 23.9. The van der Waals surface area contributed by atoms with Crippen molar-refractivity contribution in [3.05, 3.63) is 72.4 Å². The maximum absolute atomic E-state index is 11.7. The van der Waals surface area contributed by atoms with Gasteiger partial charge < -0.3 is 20.3 Å². The molecule has 1 aliphatic heterocycles. The van der Waals surface area contributed by atoms with Gasteiger partial charge in [0.25, 0.3) is 0 Å². The molecule has 0 atom stereocenters. The molecule has 4 rings (SSSR count). The molecule has 1 aromatic heterocycles. The normalized spacial score (nSPS) is 12.8. The number of amides is 1. The average Bonchev–Trinajstić information content (AvgIpc) is 2.89. The maximum atomic E-state index is 11.7. The van der Waals surface area contributed by atoms with E-state index in [-0.39, 0.29) is 23.1 Å². The second-order valence-corrected chi connectivity index (χ2v) is 7.41. The molecule has 0 unspecified atom stereocenters. The Labute approximate surface area is 196 Å². The standard InChI is InChI=1S/C25H21N7O2/c1-2-23(33)29-20-7-6-17(14-26)22(13-20)24-18(15-27)16-28-25(31-24)30-19-4-3-5-21(12-19)32-8-10-34-11-9-32/h2-7,12-13,16H,1,8-11H2,(H,29,33)(H,28,30,31). The predicted octanol–water partition coefficient (Wildman–Crippen LogP) is 3.59. The third kappa shape index (κ3) is 5.01. The van der Waals surface area contributed by atoms with Crippen molar-refractivity contribution in [3.8, 4) is 23.4 Å². The Hall–Kier alpha value is -4.73. The molecule has 168 valence electrons. The molecule has 34 heavy (non-hydrogen) atoms. The molecule has 2 aromatic carbocycles. The molecule has 9 heteroatoms. The number of hydrogen-bond acceptors (Lipinski definition) is 8. The van der Waals surface area contributed by atoms with E-state index in [0.717, 1.165) is 30.5 Å². The lowest BCUT2D eigenvalue weighted by Crippen LogP contribution is -2.36. The number of nitrogens with zero attached hydrogens (tertiary/aromatic N) is 5. The molecule has 0 spiro atoms. The largest absolute Gasteiger partial charge is 0.378 e. The van der Waals surface area contributed by atoms with E-state index in [1.807, 2.05) is 24.3 Å². The van der Waals surface area contributed by atoms with Gasteiger partial charge in [-0.25, -0.2) is 9.97 Å². The van der Waals surface area contributed by atoms with Gasteiger partial charge in [0, 0.05) is 35.7 Å². The van der Waals surface area contributed by atoms with E-state index in [0.29, 0.717) is 30.0 Å². The highest BCUT2D eigenvalue weighted by Gasteiger charge is 2.16. The van der Waals surface area contributed by atoms with E-state index in [2.05, 4.69) is 44.2 Å². The summed E-state index contributed by atoms with van der Waals surface area (Å²) < 4.78 is 5.42. The Morgan fingerprint density at radius 2 is 1.88 bits per heavy atom. The number of nitriles is 2. The number of morpholine rings is 1. The minimum absolute atomic E-state index is 0.205. The third-order valence-electron chi connectivity index (χ3n) is 5.24. The fourth-order valence-electron chi connectivity index (χ4n) is 3.57. The van der Waals surface area contributed by atoms with Crippen LogP contribution in [0.15, 0.2) is 61.3 Å². The minimum atomic E-state index is -0.388. The van der Waals surface area contributed by atoms with Gasteiger partial charge in [-0.05, 0) is 42.5 Å². The average molecular weight is 451 g/mol. The summed E-state index contributed by atoms with van der Waals surface area (Å²) in [5.41, 5.74) is 3.51. The second kappa shape index (κ2) is 10.3. The van der Waals surface area contributed by atoms with Crippen molar-refractivity contribution in [1.29, 1.82) is 10.5 Å². The molecule has 2 N–H and O–H groups in total. The van der Waals surface area contributed by atoms with Gasteiger partial charge >= 0.3 is 0 Å². The molecular weight excluding hydrogens is 430 g/mol. The summed E-state index contributed by atoms with van der Waals surface area (Å²) in [6.07, 6.45) is 2.56. The fourth-order valence-corrected chi connectivity index (χ4v) is 3.57. The summed E-state index contributed by atoms with van der Waals surface area (Å²) in [7, 11) is 0. The SMILES string of the molecule is C=CC(=O)Nc1ccc(C#N)c(-c2nc(Nc3cccc(N4CCOCC4)c3)ncc2C#N)c1. The zero-order valence-electron chi connectivity index (χ0n) is 18.3. The van der Waals surface area contributed by atoms with Crippen LogP contribution in [0.4, 0.5) is 23.0 Å². The lowest BCUT2D eigenvalue weighted by Gasteiger charge is -2.29. The highest BCUT2D eigenvalue weighted by atomic mass is 16.5. The minimum Gasteiger partial charge on any atom is -0.378 e. The smallest absolute Gasteiger partial charge is 0.247 e. The number of carbonyl (C=O) groups is 1. The first-order valence-electron chi connectivity index (χ1n) is 10.6. The van der Waals surface area contributed by atoms with E-state index in [4.69, 9.17) is 4.74 Å². The second-order valence-electron chi connectivity index (χ2n) is 7.41. The number of benzene rings is 2. The number of hydrogen-bond donors (Lipinski definition) is 2. The number of nitrogens with one attached hydrogen (secondary N) is 2. The van der Waals surface area contributed by atoms with Crippen LogP contribution in [0, 0.1) is 22.7 Å². The van der Waals surface area contributed by atoms with Gasteiger partial charge in [0.1, 0.15) is 6.07 Å². The van der Waals surface area contributed by atoms with Crippen LogP contribution < -0.4 is 15.5 Å². The maximum Gasteiger partial charge on any atom is 0.247 e. The Balaban J connectivity index is 1.68. The Bertz CT molecular complexity index is 1320. The summed E-state index contributed by atoms with van der Waals surface area (Å²) in [6, 6.07) is 16.8. The molecule has 2 heterocycles.